The van der Waals surface area contributed by atoms with Crippen molar-refractivity contribution in [2.24, 2.45) is 0 Å². The smallest absolute Gasteiger partial charge is 0.229 e. The van der Waals surface area contributed by atoms with Crippen LogP contribution in [0.5, 0.6) is 17.2 Å². The summed E-state index contributed by atoms with van der Waals surface area (Å²) in [5, 5.41) is 65.2. The lowest BCUT2D eigenvalue weighted by Gasteiger charge is -2.39. The summed E-state index contributed by atoms with van der Waals surface area (Å²) >= 11 is 0. The minimum Gasteiger partial charge on any atom is -0.462 e. The number of hydrogen-bond acceptors (Lipinski definition) is 11. The lowest BCUT2D eigenvalue weighted by atomic mass is 9.99. The lowest BCUT2D eigenvalue weighted by molar-refractivity contribution is -0.277. The summed E-state index contributed by atoms with van der Waals surface area (Å²) in [6, 6.07) is 20.0. The van der Waals surface area contributed by atoms with Crippen LogP contribution >= 0.6 is 0 Å². The summed E-state index contributed by atoms with van der Waals surface area (Å²) < 4.78 is 36.1. The van der Waals surface area contributed by atoms with Gasteiger partial charge in [0, 0.05) is 6.42 Å². The molecule has 0 saturated carbocycles. The van der Waals surface area contributed by atoms with Crippen LogP contribution in [-0.2, 0) is 27.3 Å². The molecule has 3 aromatic carbocycles. The highest BCUT2D eigenvalue weighted by Crippen LogP contribution is 2.26. The van der Waals surface area contributed by atoms with E-state index in [1.165, 1.54) is 75.5 Å². The van der Waals surface area contributed by atoms with Crippen LogP contribution in [-0.4, -0.2) is 98.7 Å². The normalized spacial score (nSPS) is 19.7. The quantitative estimate of drug-likeness (QED) is 0.0276. The fraction of sp³-hybridized carbons (Fsp3) is 0.648. The Morgan fingerprint density at radius 3 is 1.73 bits per heavy atom. The van der Waals surface area contributed by atoms with E-state index in [4.69, 9.17) is 18.9 Å². The van der Waals surface area contributed by atoms with Gasteiger partial charge in [0.05, 0.1) is 32.0 Å². The second-order valence-electron chi connectivity index (χ2n) is 18.4. The van der Waals surface area contributed by atoms with Gasteiger partial charge in [-0.2, -0.15) is 0 Å². The maximum Gasteiger partial charge on any atom is 0.229 e. The van der Waals surface area contributed by atoms with Gasteiger partial charge in [0.1, 0.15) is 53.6 Å². The zero-order chi connectivity index (χ0) is 48.1. The number of carbonyl (C=O) groups is 1. The van der Waals surface area contributed by atoms with Crippen LogP contribution in [0.1, 0.15) is 159 Å². The van der Waals surface area contributed by atoms with Crippen LogP contribution < -0.4 is 14.8 Å². The molecule has 8 atom stereocenters. The molecule has 7 N–H and O–H groups in total. The number of halogens is 1. The van der Waals surface area contributed by atoms with Crippen molar-refractivity contribution in [3.05, 3.63) is 89.7 Å². The molecule has 376 valence electrons. The SMILES string of the molecule is CCCCCCCCCCCCCC[C@@H](O)[C@@H](O)[C@H](COCc1ccc(O[C@H]2OC(CO)[C@H](O)C(O)C2O)cc1)NC(=O)CCCCCCCCCCc1ccc(Oc2ccc(F)cc2)cc1. The van der Waals surface area contributed by atoms with E-state index in [1.54, 1.807) is 36.4 Å². The van der Waals surface area contributed by atoms with E-state index in [2.05, 4.69) is 24.4 Å². The van der Waals surface area contributed by atoms with Gasteiger partial charge in [-0.15, -0.1) is 0 Å². The molecule has 13 heteroatoms. The van der Waals surface area contributed by atoms with Gasteiger partial charge in [0.25, 0.3) is 0 Å². The molecule has 0 radical (unpaired) electrons. The predicted molar refractivity (Wildman–Crippen MR) is 258 cm³/mol. The first kappa shape index (κ1) is 55.9. The standard InChI is InChI=1S/C54H82FNO11/c1-2-3-4-5-6-7-8-9-10-14-17-20-23-47(58)50(60)46(39-64-38-41-27-33-45(34-28-41)66-54-53(63)52(62)51(61)48(37-57)67-54)56-49(59)24-21-18-15-12-11-13-16-19-22-40-25-31-43(32-26-40)65-44-35-29-42(55)30-36-44/h25-36,46-48,50-54,57-58,60-63H,2-24,37-39H2,1H3,(H,56,59)/t46-,47+,48?,50-,51-,52?,53?,54-/m0/s1. The van der Waals surface area contributed by atoms with Crippen LogP contribution in [0.25, 0.3) is 0 Å². The van der Waals surface area contributed by atoms with Crippen molar-refractivity contribution < 1.29 is 58.8 Å². The Morgan fingerprint density at radius 2 is 1.15 bits per heavy atom. The summed E-state index contributed by atoms with van der Waals surface area (Å²) in [7, 11) is 0. The van der Waals surface area contributed by atoms with E-state index < -0.39 is 55.6 Å². The van der Waals surface area contributed by atoms with Crippen molar-refractivity contribution in [1.82, 2.24) is 5.32 Å². The van der Waals surface area contributed by atoms with E-state index in [-0.39, 0.29) is 24.9 Å². The van der Waals surface area contributed by atoms with Crippen molar-refractivity contribution in [3.63, 3.8) is 0 Å². The number of ether oxygens (including phenoxy) is 4. The Labute approximate surface area is 399 Å². The number of carbonyl (C=O) groups excluding carboxylic acids is 1. The zero-order valence-corrected chi connectivity index (χ0v) is 40.0. The fourth-order valence-electron chi connectivity index (χ4n) is 8.44. The molecule has 4 rings (SSSR count). The third kappa shape index (κ3) is 22.1. The van der Waals surface area contributed by atoms with Crippen LogP contribution in [0.3, 0.4) is 0 Å². The van der Waals surface area contributed by atoms with E-state index in [0.717, 1.165) is 88.4 Å². The van der Waals surface area contributed by atoms with Crippen LogP contribution in [0.2, 0.25) is 0 Å². The van der Waals surface area contributed by atoms with Crippen LogP contribution in [0.4, 0.5) is 4.39 Å². The van der Waals surface area contributed by atoms with Gasteiger partial charge >= 0.3 is 0 Å². The van der Waals surface area contributed by atoms with Crippen molar-refractivity contribution in [3.8, 4) is 17.2 Å². The van der Waals surface area contributed by atoms with E-state index in [9.17, 15) is 39.8 Å². The average Bonchev–Trinajstić information content (AvgIpc) is 3.33. The summed E-state index contributed by atoms with van der Waals surface area (Å²) in [6.45, 7) is 1.82. The number of unbranched alkanes of at least 4 members (excludes halogenated alkanes) is 18. The maximum absolute atomic E-state index is 13.2. The van der Waals surface area contributed by atoms with Gasteiger partial charge in [-0.25, -0.2) is 4.39 Å². The average molecular weight is 940 g/mol. The van der Waals surface area contributed by atoms with E-state index in [1.807, 2.05) is 12.1 Å². The van der Waals surface area contributed by atoms with Gasteiger partial charge in [-0.3, -0.25) is 4.79 Å². The Bertz CT molecular complexity index is 1710. The number of aryl methyl sites for hydroxylation is 1. The first-order chi connectivity index (χ1) is 32.6. The van der Waals surface area contributed by atoms with Crippen molar-refractivity contribution >= 4 is 5.91 Å². The van der Waals surface area contributed by atoms with Crippen molar-refractivity contribution in [2.45, 2.75) is 210 Å². The fourth-order valence-corrected chi connectivity index (χ4v) is 8.44. The molecular formula is C54H82FNO11. The summed E-state index contributed by atoms with van der Waals surface area (Å²) in [4.78, 5) is 13.2. The topological polar surface area (TPSA) is 187 Å². The summed E-state index contributed by atoms with van der Waals surface area (Å²) in [5.74, 6) is 1.17. The zero-order valence-electron chi connectivity index (χ0n) is 40.0. The number of hydrogen-bond donors (Lipinski definition) is 7. The second kappa shape index (κ2) is 33.0. The number of benzene rings is 3. The molecule has 0 aliphatic carbocycles. The predicted octanol–water partition coefficient (Wildman–Crippen LogP) is 9.36. The van der Waals surface area contributed by atoms with Gasteiger partial charge in [0.15, 0.2) is 0 Å². The largest absolute Gasteiger partial charge is 0.462 e. The molecule has 1 amide bonds. The molecule has 12 nitrogen and oxygen atoms in total. The van der Waals surface area contributed by atoms with Crippen LogP contribution in [0.15, 0.2) is 72.8 Å². The van der Waals surface area contributed by atoms with Gasteiger partial charge in [-0.05, 0) is 85.3 Å². The molecule has 3 unspecified atom stereocenters. The first-order valence-corrected chi connectivity index (χ1v) is 25.4. The minimum absolute atomic E-state index is 0.0111. The number of aliphatic hydroxyl groups is 6. The van der Waals surface area contributed by atoms with Gasteiger partial charge < -0.3 is 54.9 Å². The summed E-state index contributed by atoms with van der Waals surface area (Å²) in [5.41, 5.74) is 2.02. The van der Waals surface area contributed by atoms with E-state index in [0.29, 0.717) is 24.3 Å². The first-order valence-electron chi connectivity index (χ1n) is 25.4. The number of amides is 1. The number of aliphatic hydroxyl groups excluding tert-OH is 6. The van der Waals surface area contributed by atoms with E-state index >= 15 is 0 Å². The highest BCUT2D eigenvalue weighted by Gasteiger charge is 2.44. The molecule has 0 spiro atoms. The molecule has 1 aliphatic rings. The molecule has 0 aromatic heterocycles. The molecule has 67 heavy (non-hydrogen) atoms. The molecular weight excluding hydrogens is 858 g/mol. The third-order valence-electron chi connectivity index (χ3n) is 12.7. The summed E-state index contributed by atoms with van der Waals surface area (Å²) in [6.07, 6.45) is 15.4. The number of rotatable bonds is 36. The number of nitrogens with one attached hydrogen (secondary N) is 1. The molecule has 0 bridgehead atoms. The Hall–Kier alpha value is -3.66. The Balaban J connectivity index is 1.13. The minimum atomic E-state index is -1.55. The highest BCUT2D eigenvalue weighted by atomic mass is 19.1. The molecule has 3 aromatic rings. The van der Waals surface area contributed by atoms with Gasteiger partial charge in [0.2, 0.25) is 12.2 Å². The second-order valence-corrected chi connectivity index (χ2v) is 18.4. The molecule has 1 fully saturated rings. The molecule has 1 heterocycles. The lowest BCUT2D eigenvalue weighted by Crippen LogP contribution is -2.60. The monoisotopic (exact) mass is 940 g/mol. The van der Waals surface area contributed by atoms with Gasteiger partial charge in [-0.1, -0.05) is 147 Å². The Kier molecular flexibility index (Phi) is 27.5. The Morgan fingerprint density at radius 1 is 0.642 bits per heavy atom. The molecule has 1 aliphatic heterocycles. The van der Waals surface area contributed by atoms with Crippen LogP contribution in [0, 0.1) is 5.82 Å². The third-order valence-corrected chi connectivity index (χ3v) is 12.7. The van der Waals surface area contributed by atoms with Crippen molar-refractivity contribution in [2.75, 3.05) is 13.2 Å². The molecule has 1 saturated heterocycles. The van der Waals surface area contributed by atoms with Crippen molar-refractivity contribution in [1.29, 1.82) is 0 Å². The highest BCUT2D eigenvalue weighted by molar-refractivity contribution is 5.76. The maximum atomic E-state index is 13.2.